The van der Waals surface area contributed by atoms with Crippen LogP contribution in [-0.2, 0) is 6.54 Å². The molecule has 0 aliphatic rings. The fourth-order valence-corrected chi connectivity index (χ4v) is 3.90. The van der Waals surface area contributed by atoms with Crippen molar-refractivity contribution in [2.75, 3.05) is 31.1 Å². The van der Waals surface area contributed by atoms with Gasteiger partial charge in [0.05, 0.1) is 30.1 Å². The summed E-state index contributed by atoms with van der Waals surface area (Å²) in [6.07, 6.45) is 5.17. The molecule has 32 heavy (non-hydrogen) atoms. The quantitative estimate of drug-likeness (QED) is 0.379. The van der Waals surface area contributed by atoms with Gasteiger partial charge in [0, 0.05) is 54.6 Å². The van der Waals surface area contributed by atoms with Gasteiger partial charge >= 0.3 is 0 Å². The third-order valence-electron chi connectivity index (χ3n) is 5.33. The number of benzene rings is 1. The topological polar surface area (TPSA) is 100 Å². The first-order valence-electron chi connectivity index (χ1n) is 10.2. The van der Waals surface area contributed by atoms with Crippen LogP contribution in [0.15, 0.2) is 59.8 Å². The number of aliphatic hydroxyl groups excluding tert-OH is 1. The Labute approximate surface area is 188 Å². The van der Waals surface area contributed by atoms with Crippen LogP contribution < -0.4 is 16.2 Å². The van der Waals surface area contributed by atoms with Crippen molar-refractivity contribution in [3.05, 3.63) is 81.7 Å². The SMILES string of the molecule is NCCN(CCO)c1cnc2[nH]cc(-c3ccn(Cc4cccc(Cl)c4F)c(=O)c3)c2c1. The highest BCUT2D eigenvalue weighted by molar-refractivity contribution is 6.30. The van der Waals surface area contributed by atoms with E-state index in [-0.39, 0.29) is 23.7 Å². The Hall–Kier alpha value is -3.20. The molecule has 4 aromatic rings. The number of hydrogen-bond acceptors (Lipinski definition) is 5. The molecule has 0 atom stereocenters. The Morgan fingerprint density at radius 3 is 2.84 bits per heavy atom. The minimum Gasteiger partial charge on any atom is -0.395 e. The van der Waals surface area contributed by atoms with Crippen molar-refractivity contribution in [1.82, 2.24) is 14.5 Å². The predicted octanol–water partition coefficient (Wildman–Crippen LogP) is 2.99. The van der Waals surface area contributed by atoms with Gasteiger partial charge in [-0.25, -0.2) is 9.37 Å². The molecule has 0 saturated carbocycles. The molecule has 7 nitrogen and oxygen atoms in total. The molecular weight excluding hydrogens is 433 g/mol. The van der Waals surface area contributed by atoms with Crippen molar-refractivity contribution in [2.45, 2.75) is 6.54 Å². The summed E-state index contributed by atoms with van der Waals surface area (Å²) in [7, 11) is 0. The summed E-state index contributed by atoms with van der Waals surface area (Å²) in [6, 6.07) is 10.0. The molecule has 0 bridgehead atoms. The number of rotatable bonds is 8. The smallest absolute Gasteiger partial charge is 0.251 e. The van der Waals surface area contributed by atoms with Gasteiger partial charge in [0.1, 0.15) is 11.5 Å². The number of nitrogens with two attached hydrogens (primary N) is 1. The Kier molecular flexibility index (Phi) is 6.55. The zero-order valence-corrected chi connectivity index (χ0v) is 18.0. The maximum atomic E-state index is 14.2. The number of nitrogens with one attached hydrogen (secondary N) is 1. The van der Waals surface area contributed by atoms with Crippen LogP contribution in [-0.4, -0.2) is 45.9 Å². The number of halogens is 2. The van der Waals surface area contributed by atoms with Crippen LogP contribution in [0.5, 0.6) is 0 Å². The number of nitrogens with zero attached hydrogens (tertiary/aromatic N) is 3. The van der Waals surface area contributed by atoms with E-state index < -0.39 is 5.82 Å². The number of hydrogen-bond donors (Lipinski definition) is 3. The minimum atomic E-state index is -0.523. The fourth-order valence-electron chi connectivity index (χ4n) is 3.71. The average molecular weight is 456 g/mol. The number of anilines is 1. The Morgan fingerprint density at radius 2 is 2.09 bits per heavy atom. The molecule has 4 N–H and O–H groups in total. The van der Waals surface area contributed by atoms with Crippen molar-refractivity contribution < 1.29 is 9.50 Å². The highest BCUT2D eigenvalue weighted by Gasteiger charge is 2.13. The van der Waals surface area contributed by atoms with E-state index in [0.29, 0.717) is 30.8 Å². The molecule has 0 spiro atoms. The van der Waals surface area contributed by atoms with Gasteiger partial charge in [-0.2, -0.15) is 0 Å². The maximum absolute atomic E-state index is 14.2. The molecule has 0 amide bonds. The minimum absolute atomic E-state index is 0.00345. The molecule has 0 unspecified atom stereocenters. The lowest BCUT2D eigenvalue weighted by Crippen LogP contribution is -2.32. The van der Waals surface area contributed by atoms with Crippen molar-refractivity contribution >= 4 is 28.3 Å². The van der Waals surface area contributed by atoms with E-state index >= 15 is 0 Å². The van der Waals surface area contributed by atoms with Gasteiger partial charge in [0.2, 0.25) is 0 Å². The normalized spacial score (nSPS) is 11.2. The monoisotopic (exact) mass is 455 g/mol. The summed E-state index contributed by atoms with van der Waals surface area (Å²) in [5.74, 6) is -0.523. The van der Waals surface area contributed by atoms with Crippen LogP contribution in [0.25, 0.3) is 22.2 Å². The average Bonchev–Trinajstić information content (AvgIpc) is 3.21. The molecule has 0 fully saturated rings. The molecule has 4 rings (SSSR count). The zero-order valence-electron chi connectivity index (χ0n) is 17.3. The number of fused-ring (bicyclic) bond motifs is 1. The predicted molar refractivity (Wildman–Crippen MR) is 125 cm³/mol. The van der Waals surface area contributed by atoms with Gasteiger partial charge in [-0.15, -0.1) is 0 Å². The van der Waals surface area contributed by atoms with Gasteiger partial charge in [0.25, 0.3) is 5.56 Å². The molecule has 0 radical (unpaired) electrons. The van der Waals surface area contributed by atoms with Crippen LogP contribution in [0.1, 0.15) is 5.56 Å². The number of pyridine rings is 2. The largest absolute Gasteiger partial charge is 0.395 e. The standard InChI is InChI=1S/C23H23ClFN5O2/c24-20-3-1-2-16(22(20)25)14-30-6-4-15(10-21(30)32)19-13-28-23-18(19)11-17(12-27-23)29(7-5-26)8-9-31/h1-4,6,10-13,31H,5,7-9,14,26H2,(H,27,28). The first-order valence-corrected chi connectivity index (χ1v) is 10.6. The molecule has 3 aromatic heterocycles. The first kappa shape index (κ1) is 22.0. The molecule has 1 aromatic carbocycles. The molecule has 0 aliphatic heterocycles. The van der Waals surface area contributed by atoms with Gasteiger partial charge in [-0.1, -0.05) is 23.7 Å². The number of aliphatic hydroxyl groups is 1. The van der Waals surface area contributed by atoms with Gasteiger partial charge in [-0.05, 0) is 23.8 Å². The molecule has 9 heteroatoms. The lowest BCUT2D eigenvalue weighted by molar-refractivity contribution is 0.302. The van der Waals surface area contributed by atoms with Crippen LogP contribution >= 0.6 is 11.6 Å². The highest BCUT2D eigenvalue weighted by atomic mass is 35.5. The van der Waals surface area contributed by atoms with Crippen LogP contribution in [0.4, 0.5) is 10.1 Å². The third kappa shape index (κ3) is 4.38. The van der Waals surface area contributed by atoms with E-state index in [1.54, 1.807) is 30.7 Å². The van der Waals surface area contributed by atoms with E-state index in [2.05, 4.69) is 9.97 Å². The van der Waals surface area contributed by atoms with Crippen LogP contribution in [0.3, 0.4) is 0 Å². The van der Waals surface area contributed by atoms with Gasteiger partial charge in [0.15, 0.2) is 0 Å². The molecule has 0 aliphatic carbocycles. The Morgan fingerprint density at radius 1 is 1.25 bits per heavy atom. The lowest BCUT2D eigenvalue weighted by atomic mass is 10.1. The third-order valence-corrected chi connectivity index (χ3v) is 5.62. The van der Waals surface area contributed by atoms with Crippen LogP contribution in [0.2, 0.25) is 5.02 Å². The molecular formula is C23H23ClFN5O2. The fraction of sp³-hybridized carbons (Fsp3) is 0.217. The summed E-state index contributed by atoms with van der Waals surface area (Å²) < 4.78 is 15.7. The van der Waals surface area contributed by atoms with Crippen LogP contribution in [0, 0.1) is 5.82 Å². The van der Waals surface area contributed by atoms with E-state index in [1.807, 2.05) is 17.0 Å². The molecule has 0 saturated heterocycles. The first-order chi connectivity index (χ1) is 15.5. The van der Waals surface area contributed by atoms with Gasteiger partial charge < -0.3 is 25.3 Å². The number of aromatic amines is 1. The lowest BCUT2D eigenvalue weighted by Gasteiger charge is -2.22. The summed E-state index contributed by atoms with van der Waals surface area (Å²) in [5, 5.41) is 10.2. The zero-order chi connectivity index (χ0) is 22.7. The van der Waals surface area contributed by atoms with Crippen molar-refractivity contribution in [1.29, 1.82) is 0 Å². The van der Waals surface area contributed by atoms with E-state index in [1.165, 1.54) is 16.7 Å². The van der Waals surface area contributed by atoms with E-state index in [4.69, 9.17) is 17.3 Å². The molecule has 166 valence electrons. The van der Waals surface area contributed by atoms with E-state index in [0.717, 1.165) is 22.2 Å². The van der Waals surface area contributed by atoms with Crippen molar-refractivity contribution in [2.24, 2.45) is 5.73 Å². The summed E-state index contributed by atoms with van der Waals surface area (Å²) in [4.78, 5) is 22.3. The Bertz CT molecular complexity index is 1300. The van der Waals surface area contributed by atoms with Gasteiger partial charge in [-0.3, -0.25) is 4.79 Å². The molecule has 3 heterocycles. The summed E-state index contributed by atoms with van der Waals surface area (Å²) >= 11 is 5.85. The van der Waals surface area contributed by atoms with Crippen molar-refractivity contribution in [3.8, 4) is 11.1 Å². The maximum Gasteiger partial charge on any atom is 0.251 e. The number of H-pyrrole nitrogens is 1. The summed E-state index contributed by atoms with van der Waals surface area (Å²) in [5.41, 5.74) is 8.85. The van der Waals surface area contributed by atoms with Crippen molar-refractivity contribution in [3.63, 3.8) is 0 Å². The summed E-state index contributed by atoms with van der Waals surface area (Å²) in [6.45, 7) is 1.57. The highest BCUT2D eigenvalue weighted by Crippen LogP contribution is 2.30. The second-order valence-corrected chi connectivity index (χ2v) is 7.79. The second-order valence-electron chi connectivity index (χ2n) is 7.39. The van der Waals surface area contributed by atoms with E-state index in [9.17, 15) is 14.3 Å². The Balaban J connectivity index is 1.68. The number of aromatic nitrogens is 3. The second kappa shape index (κ2) is 9.52.